The Labute approximate surface area is 112 Å². The van der Waals surface area contributed by atoms with Crippen LogP contribution in [0, 0.1) is 0 Å². The summed E-state index contributed by atoms with van der Waals surface area (Å²) in [5, 5.41) is 5.51. The molecule has 0 saturated heterocycles. The summed E-state index contributed by atoms with van der Waals surface area (Å²) in [6.07, 6.45) is 3.21. The lowest BCUT2D eigenvalue weighted by Gasteiger charge is -2.16. The molecule has 1 aliphatic carbocycles. The Hall–Kier alpha value is -1.76. The molecule has 6 nitrogen and oxygen atoms in total. The van der Waals surface area contributed by atoms with Gasteiger partial charge in [-0.05, 0) is 37.1 Å². The second kappa shape index (κ2) is 5.08. The SMILES string of the molecule is CN(c1ccc(NC(=O)NC2CC2)cc1)S(C)(=O)=O. The van der Waals surface area contributed by atoms with Gasteiger partial charge in [-0.2, -0.15) is 0 Å². The average Bonchev–Trinajstić information content (AvgIpc) is 3.11. The molecule has 2 N–H and O–H groups in total. The second-order valence-corrected chi connectivity index (χ2v) is 6.66. The summed E-state index contributed by atoms with van der Waals surface area (Å²) in [5.74, 6) is 0. The maximum absolute atomic E-state index is 11.5. The number of carbonyl (C=O) groups is 1. The van der Waals surface area contributed by atoms with Crippen LogP contribution in [0.5, 0.6) is 0 Å². The van der Waals surface area contributed by atoms with Crippen LogP contribution in [0.25, 0.3) is 0 Å². The first-order valence-corrected chi connectivity index (χ1v) is 7.82. The summed E-state index contributed by atoms with van der Waals surface area (Å²) in [4.78, 5) is 11.5. The monoisotopic (exact) mass is 283 g/mol. The van der Waals surface area contributed by atoms with Crippen LogP contribution in [0.15, 0.2) is 24.3 Å². The summed E-state index contributed by atoms with van der Waals surface area (Å²) in [6, 6.07) is 6.71. The van der Waals surface area contributed by atoms with Crippen LogP contribution in [-0.4, -0.2) is 33.8 Å². The number of benzene rings is 1. The molecule has 0 atom stereocenters. The van der Waals surface area contributed by atoms with Crippen molar-refractivity contribution < 1.29 is 13.2 Å². The smallest absolute Gasteiger partial charge is 0.319 e. The van der Waals surface area contributed by atoms with E-state index in [9.17, 15) is 13.2 Å². The molecule has 0 radical (unpaired) electrons. The number of amides is 2. The molecule has 104 valence electrons. The van der Waals surface area contributed by atoms with Crippen molar-refractivity contribution >= 4 is 27.4 Å². The molecule has 19 heavy (non-hydrogen) atoms. The molecular formula is C12H17N3O3S. The number of carbonyl (C=O) groups excluding carboxylic acids is 1. The molecule has 2 amide bonds. The summed E-state index contributed by atoms with van der Waals surface area (Å²) in [5.41, 5.74) is 1.18. The summed E-state index contributed by atoms with van der Waals surface area (Å²) >= 11 is 0. The van der Waals surface area contributed by atoms with Crippen LogP contribution in [0.1, 0.15) is 12.8 Å². The molecule has 0 heterocycles. The first-order valence-electron chi connectivity index (χ1n) is 5.98. The molecule has 0 unspecified atom stereocenters. The van der Waals surface area contributed by atoms with Gasteiger partial charge in [0.25, 0.3) is 0 Å². The van der Waals surface area contributed by atoms with E-state index in [4.69, 9.17) is 0 Å². The van der Waals surface area contributed by atoms with Gasteiger partial charge in [-0.15, -0.1) is 0 Å². The van der Waals surface area contributed by atoms with Gasteiger partial charge in [0, 0.05) is 18.8 Å². The highest BCUT2D eigenvalue weighted by Gasteiger charge is 2.23. The number of anilines is 2. The minimum absolute atomic E-state index is 0.230. The molecule has 1 saturated carbocycles. The summed E-state index contributed by atoms with van der Waals surface area (Å²) in [6.45, 7) is 0. The number of hydrogen-bond acceptors (Lipinski definition) is 3. The van der Waals surface area contributed by atoms with Crippen molar-refractivity contribution in [3.8, 4) is 0 Å². The quantitative estimate of drug-likeness (QED) is 0.876. The Balaban J connectivity index is 1.99. The predicted octanol–water partition coefficient (Wildman–Crippen LogP) is 1.37. The molecule has 0 spiro atoms. The molecule has 0 bridgehead atoms. The summed E-state index contributed by atoms with van der Waals surface area (Å²) < 4.78 is 23.9. The molecular weight excluding hydrogens is 266 g/mol. The first-order chi connectivity index (χ1) is 8.86. The van der Waals surface area contributed by atoms with Gasteiger partial charge in [-0.25, -0.2) is 13.2 Å². The minimum Gasteiger partial charge on any atom is -0.335 e. The maximum atomic E-state index is 11.5. The average molecular weight is 283 g/mol. The molecule has 0 aliphatic heterocycles. The number of hydrogen-bond donors (Lipinski definition) is 2. The Morgan fingerprint density at radius 3 is 2.32 bits per heavy atom. The fraction of sp³-hybridized carbons (Fsp3) is 0.417. The molecule has 2 rings (SSSR count). The topological polar surface area (TPSA) is 78.5 Å². The van der Waals surface area contributed by atoms with E-state index in [0.717, 1.165) is 19.1 Å². The zero-order valence-electron chi connectivity index (χ0n) is 10.9. The summed E-state index contributed by atoms with van der Waals surface area (Å²) in [7, 11) is -1.78. The third-order valence-corrected chi connectivity index (χ3v) is 4.10. The highest BCUT2D eigenvalue weighted by atomic mass is 32.2. The van der Waals surface area contributed by atoms with Gasteiger partial charge in [-0.3, -0.25) is 4.31 Å². The Morgan fingerprint density at radius 1 is 1.26 bits per heavy atom. The van der Waals surface area contributed by atoms with E-state index in [1.807, 2.05) is 0 Å². The minimum atomic E-state index is -3.27. The lowest BCUT2D eigenvalue weighted by Crippen LogP contribution is -2.30. The zero-order chi connectivity index (χ0) is 14.0. The Bertz CT molecular complexity index is 564. The van der Waals surface area contributed by atoms with Crippen LogP contribution in [-0.2, 0) is 10.0 Å². The standard InChI is InChI=1S/C12H17N3O3S/c1-15(19(2,17)18)11-7-5-10(6-8-11)14-12(16)13-9-3-4-9/h5-9H,3-4H2,1-2H3,(H2,13,14,16). The van der Waals surface area contributed by atoms with E-state index in [1.54, 1.807) is 24.3 Å². The zero-order valence-corrected chi connectivity index (χ0v) is 11.7. The highest BCUT2D eigenvalue weighted by Crippen LogP contribution is 2.20. The number of nitrogens with one attached hydrogen (secondary N) is 2. The fourth-order valence-electron chi connectivity index (χ4n) is 1.53. The molecule has 0 aromatic heterocycles. The van der Waals surface area contributed by atoms with E-state index in [1.165, 1.54) is 11.4 Å². The van der Waals surface area contributed by atoms with Crippen molar-refractivity contribution in [3.05, 3.63) is 24.3 Å². The number of nitrogens with zero attached hydrogens (tertiary/aromatic N) is 1. The van der Waals surface area contributed by atoms with Crippen molar-refractivity contribution in [3.63, 3.8) is 0 Å². The number of rotatable bonds is 4. The molecule has 1 aromatic carbocycles. The van der Waals surface area contributed by atoms with Gasteiger partial charge in [0.15, 0.2) is 0 Å². The molecule has 7 heteroatoms. The normalized spacial score (nSPS) is 14.8. The van der Waals surface area contributed by atoms with E-state index in [2.05, 4.69) is 10.6 Å². The number of sulfonamides is 1. The van der Waals surface area contributed by atoms with E-state index >= 15 is 0 Å². The van der Waals surface area contributed by atoms with Gasteiger partial charge >= 0.3 is 6.03 Å². The Morgan fingerprint density at radius 2 is 1.84 bits per heavy atom. The Kier molecular flexibility index (Phi) is 3.66. The van der Waals surface area contributed by atoms with E-state index < -0.39 is 10.0 Å². The van der Waals surface area contributed by atoms with Crippen molar-refractivity contribution in [1.82, 2.24) is 5.32 Å². The van der Waals surface area contributed by atoms with E-state index in [-0.39, 0.29) is 6.03 Å². The second-order valence-electron chi connectivity index (χ2n) is 4.65. The van der Waals surface area contributed by atoms with Crippen LogP contribution in [0.2, 0.25) is 0 Å². The molecule has 1 aromatic rings. The highest BCUT2D eigenvalue weighted by molar-refractivity contribution is 7.92. The lowest BCUT2D eigenvalue weighted by molar-refractivity contribution is 0.251. The van der Waals surface area contributed by atoms with Gasteiger partial charge in [-0.1, -0.05) is 0 Å². The third kappa shape index (κ3) is 3.85. The van der Waals surface area contributed by atoms with Crippen molar-refractivity contribution in [2.75, 3.05) is 22.9 Å². The first kappa shape index (κ1) is 13.7. The van der Waals surface area contributed by atoms with Crippen molar-refractivity contribution in [2.24, 2.45) is 0 Å². The van der Waals surface area contributed by atoms with Crippen molar-refractivity contribution in [1.29, 1.82) is 0 Å². The molecule has 1 fully saturated rings. The number of urea groups is 1. The van der Waals surface area contributed by atoms with Crippen LogP contribution < -0.4 is 14.9 Å². The van der Waals surface area contributed by atoms with Gasteiger partial charge in [0.2, 0.25) is 10.0 Å². The van der Waals surface area contributed by atoms with Crippen LogP contribution in [0.4, 0.5) is 16.2 Å². The van der Waals surface area contributed by atoms with Gasteiger partial charge < -0.3 is 10.6 Å². The van der Waals surface area contributed by atoms with E-state index in [0.29, 0.717) is 17.4 Å². The van der Waals surface area contributed by atoms with Crippen LogP contribution >= 0.6 is 0 Å². The third-order valence-electron chi connectivity index (χ3n) is 2.90. The van der Waals surface area contributed by atoms with Crippen LogP contribution in [0.3, 0.4) is 0 Å². The predicted molar refractivity (Wildman–Crippen MR) is 74.9 cm³/mol. The largest absolute Gasteiger partial charge is 0.335 e. The van der Waals surface area contributed by atoms with Gasteiger partial charge in [0.05, 0.1) is 11.9 Å². The maximum Gasteiger partial charge on any atom is 0.319 e. The van der Waals surface area contributed by atoms with Crippen molar-refractivity contribution in [2.45, 2.75) is 18.9 Å². The molecule has 1 aliphatic rings. The lowest BCUT2D eigenvalue weighted by atomic mass is 10.3. The fourth-order valence-corrected chi connectivity index (χ4v) is 2.03. The van der Waals surface area contributed by atoms with Gasteiger partial charge in [0.1, 0.15) is 0 Å².